The van der Waals surface area contributed by atoms with Crippen molar-refractivity contribution in [2.45, 2.75) is 0 Å². The van der Waals surface area contributed by atoms with Crippen molar-refractivity contribution in [1.82, 2.24) is 25.0 Å². The number of carbonyl (C=O) groups excluding carboxylic acids is 1. The van der Waals surface area contributed by atoms with Crippen LogP contribution in [-0.2, 0) is 0 Å². The highest BCUT2D eigenvalue weighted by Crippen LogP contribution is 2.12. The summed E-state index contributed by atoms with van der Waals surface area (Å²) in [6.07, 6.45) is 4.99. The fraction of sp³-hybridized carbons (Fsp3) is 0. The number of rotatable bonds is 3. The summed E-state index contributed by atoms with van der Waals surface area (Å²) in [4.78, 5) is 28.3. The van der Waals surface area contributed by atoms with E-state index >= 15 is 0 Å². The number of hydrogen-bond donors (Lipinski definition) is 2. The monoisotopic (exact) mass is 332 g/mol. The number of nitrogens with zero attached hydrogens (tertiary/aromatic N) is 4. The van der Waals surface area contributed by atoms with Gasteiger partial charge in [-0.25, -0.2) is 15.5 Å². The molecule has 8 heteroatoms. The number of aromatic amines is 1. The van der Waals surface area contributed by atoms with Crippen LogP contribution in [0.25, 0.3) is 16.4 Å². The number of hydrogen-bond acceptors (Lipinski definition) is 5. The Morgan fingerprint density at radius 2 is 1.96 bits per heavy atom. The average molecular weight is 332 g/mol. The average Bonchev–Trinajstić information content (AvgIpc) is 3.05. The van der Waals surface area contributed by atoms with Crippen molar-refractivity contribution in [3.63, 3.8) is 0 Å². The normalized spacial score (nSPS) is 11.4. The standard InChI is InChI=1S/C17H12N6O2/c24-16-13-6-2-1-5-12(13)15(20-22-16)17(25)21-19-10-11-9-18-14-7-3-4-8-23(11)14/h1-10H,(H,21,25)(H,22,24)/b19-10+. The van der Waals surface area contributed by atoms with E-state index in [1.165, 1.54) is 6.21 Å². The maximum atomic E-state index is 12.3. The molecule has 3 heterocycles. The number of H-pyrrole nitrogens is 1. The third-order valence-corrected chi connectivity index (χ3v) is 3.72. The fourth-order valence-electron chi connectivity index (χ4n) is 2.55. The third-order valence-electron chi connectivity index (χ3n) is 3.72. The van der Waals surface area contributed by atoms with Crippen LogP contribution in [-0.4, -0.2) is 31.7 Å². The fourth-order valence-corrected chi connectivity index (χ4v) is 2.55. The Bertz CT molecular complexity index is 1170. The van der Waals surface area contributed by atoms with Gasteiger partial charge in [-0.15, -0.1) is 0 Å². The lowest BCUT2D eigenvalue weighted by atomic mass is 10.1. The molecule has 0 aliphatic heterocycles. The molecule has 4 aromatic rings. The van der Waals surface area contributed by atoms with Crippen molar-refractivity contribution < 1.29 is 4.79 Å². The van der Waals surface area contributed by atoms with Gasteiger partial charge in [0.15, 0.2) is 5.69 Å². The summed E-state index contributed by atoms with van der Waals surface area (Å²) in [5.41, 5.74) is 3.67. The maximum Gasteiger partial charge on any atom is 0.292 e. The summed E-state index contributed by atoms with van der Waals surface area (Å²) >= 11 is 0. The highest BCUT2D eigenvalue weighted by Gasteiger charge is 2.13. The van der Waals surface area contributed by atoms with Crippen molar-refractivity contribution in [2.75, 3.05) is 0 Å². The van der Waals surface area contributed by atoms with Gasteiger partial charge < -0.3 is 0 Å². The molecule has 1 aromatic carbocycles. The van der Waals surface area contributed by atoms with Gasteiger partial charge in [0.2, 0.25) is 0 Å². The number of pyridine rings is 1. The molecule has 0 aliphatic carbocycles. The van der Waals surface area contributed by atoms with Crippen molar-refractivity contribution in [3.8, 4) is 0 Å². The van der Waals surface area contributed by atoms with Gasteiger partial charge >= 0.3 is 0 Å². The predicted octanol–water partition coefficient (Wildman–Crippen LogP) is 1.33. The second kappa shape index (κ2) is 6.00. The van der Waals surface area contributed by atoms with Gasteiger partial charge in [0, 0.05) is 11.6 Å². The number of benzene rings is 1. The largest absolute Gasteiger partial charge is 0.299 e. The summed E-state index contributed by atoms with van der Waals surface area (Å²) in [6.45, 7) is 0. The SMILES string of the molecule is O=C(N/N=C/c1cnc2ccccn12)c1n[nH]c(=O)c2ccccc12. The number of carbonyl (C=O) groups is 1. The zero-order chi connectivity index (χ0) is 17.2. The van der Waals surface area contributed by atoms with E-state index < -0.39 is 5.91 Å². The van der Waals surface area contributed by atoms with Gasteiger partial charge in [0.1, 0.15) is 5.65 Å². The van der Waals surface area contributed by atoms with Crippen LogP contribution < -0.4 is 11.0 Å². The molecular formula is C17H12N6O2. The van der Waals surface area contributed by atoms with E-state index in [0.29, 0.717) is 10.8 Å². The minimum absolute atomic E-state index is 0.102. The van der Waals surface area contributed by atoms with Gasteiger partial charge in [-0.2, -0.15) is 10.2 Å². The molecular weight excluding hydrogens is 320 g/mol. The number of amides is 1. The molecule has 0 radical (unpaired) electrons. The van der Waals surface area contributed by atoms with Gasteiger partial charge in [-0.3, -0.25) is 14.0 Å². The quantitative estimate of drug-likeness (QED) is 0.436. The summed E-state index contributed by atoms with van der Waals surface area (Å²) in [6, 6.07) is 12.4. The van der Waals surface area contributed by atoms with Crippen LogP contribution in [0.4, 0.5) is 0 Å². The molecule has 122 valence electrons. The Morgan fingerprint density at radius 1 is 1.16 bits per heavy atom. The minimum Gasteiger partial charge on any atom is -0.299 e. The smallest absolute Gasteiger partial charge is 0.292 e. The number of imidazole rings is 1. The molecule has 4 rings (SSSR count). The summed E-state index contributed by atoms with van der Waals surface area (Å²) in [5, 5.41) is 11.0. The molecule has 3 aromatic heterocycles. The Morgan fingerprint density at radius 3 is 2.84 bits per heavy atom. The van der Waals surface area contributed by atoms with E-state index in [0.717, 1.165) is 11.3 Å². The van der Waals surface area contributed by atoms with E-state index in [9.17, 15) is 9.59 Å². The molecule has 1 amide bonds. The van der Waals surface area contributed by atoms with Gasteiger partial charge in [0.25, 0.3) is 11.5 Å². The first kappa shape index (κ1) is 14.8. The Labute approximate surface area is 140 Å². The molecule has 0 bridgehead atoms. The first-order chi connectivity index (χ1) is 12.2. The molecule has 2 N–H and O–H groups in total. The second-order valence-electron chi connectivity index (χ2n) is 5.26. The number of fused-ring (bicyclic) bond motifs is 2. The number of hydrazone groups is 1. The van der Waals surface area contributed by atoms with Gasteiger partial charge in [-0.1, -0.05) is 24.3 Å². The van der Waals surface area contributed by atoms with Gasteiger partial charge in [0.05, 0.1) is 23.5 Å². The molecule has 0 unspecified atom stereocenters. The first-order valence-electron chi connectivity index (χ1n) is 7.47. The first-order valence-corrected chi connectivity index (χ1v) is 7.47. The van der Waals surface area contributed by atoms with E-state index in [1.54, 1.807) is 30.5 Å². The molecule has 0 saturated carbocycles. The second-order valence-corrected chi connectivity index (χ2v) is 5.26. The van der Waals surface area contributed by atoms with Crippen molar-refractivity contribution in [3.05, 3.63) is 76.6 Å². The van der Waals surface area contributed by atoms with E-state index in [-0.39, 0.29) is 11.3 Å². The van der Waals surface area contributed by atoms with Crippen LogP contribution in [0, 0.1) is 0 Å². The van der Waals surface area contributed by atoms with E-state index in [1.807, 2.05) is 28.8 Å². The van der Waals surface area contributed by atoms with Crippen molar-refractivity contribution in [1.29, 1.82) is 0 Å². The lowest BCUT2D eigenvalue weighted by Crippen LogP contribution is -2.22. The topological polar surface area (TPSA) is 105 Å². The van der Waals surface area contributed by atoms with Crippen LogP contribution in [0.1, 0.15) is 16.2 Å². The van der Waals surface area contributed by atoms with Crippen LogP contribution in [0.5, 0.6) is 0 Å². The lowest BCUT2D eigenvalue weighted by molar-refractivity contribution is 0.0951. The minimum atomic E-state index is -0.516. The van der Waals surface area contributed by atoms with Crippen LogP contribution >= 0.6 is 0 Å². The predicted molar refractivity (Wildman–Crippen MR) is 92.6 cm³/mol. The Balaban J connectivity index is 1.61. The van der Waals surface area contributed by atoms with E-state index in [2.05, 4.69) is 25.7 Å². The molecule has 25 heavy (non-hydrogen) atoms. The number of nitrogens with one attached hydrogen (secondary N) is 2. The Hall–Kier alpha value is -3.81. The molecule has 0 aliphatic rings. The Kier molecular flexibility index (Phi) is 3.55. The third kappa shape index (κ3) is 2.65. The number of aromatic nitrogens is 4. The molecule has 8 nitrogen and oxygen atoms in total. The summed E-state index contributed by atoms with van der Waals surface area (Å²) in [5.74, 6) is -0.516. The zero-order valence-corrected chi connectivity index (χ0v) is 12.9. The van der Waals surface area contributed by atoms with Crippen LogP contribution in [0.15, 0.2) is 64.8 Å². The lowest BCUT2D eigenvalue weighted by Gasteiger charge is -2.03. The van der Waals surface area contributed by atoms with E-state index in [4.69, 9.17) is 0 Å². The van der Waals surface area contributed by atoms with Crippen LogP contribution in [0.2, 0.25) is 0 Å². The highest BCUT2D eigenvalue weighted by atomic mass is 16.2. The molecule has 0 fully saturated rings. The summed E-state index contributed by atoms with van der Waals surface area (Å²) < 4.78 is 1.84. The molecule has 0 atom stereocenters. The van der Waals surface area contributed by atoms with Crippen molar-refractivity contribution in [2.24, 2.45) is 5.10 Å². The zero-order valence-electron chi connectivity index (χ0n) is 12.9. The van der Waals surface area contributed by atoms with Crippen molar-refractivity contribution >= 4 is 28.5 Å². The maximum absolute atomic E-state index is 12.3. The molecule has 0 spiro atoms. The summed E-state index contributed by atoms with van der Waals surface area (Å²) in [7, 11) is 0. The van der Waals surface area contributed by atoms with Gasteiger partial charge in [-0.05, 0) is 18.2 Å². The highest BCUT2D eigenvalue weighted by molar-refractivity contribution is 6.04. The van der Waals surface area contributed by atoms with Crippen LogP contribution in [0.3, 0.4) is 0 Å². The molecule has 0 saturated heterocycles.